The lowest BCUT2D eigenvalue weighted by Crippen LogP contribution is -2.12. The molecule has 79 valence electrons. The maximum Gasteiger partial charge on any atom is 0.417 e. The molecule has 0 saturated heterocycles. The number of alkyl halides is 3. The van der Waals surface area contributed by atoms with Crippen LogP contribution in [0.15, 0.2) is 23.4 Å². The third-order valence-electron chi connectivity index (χ3n) is 2.06. The summed E-state index contributed by atoms with van der Waals surface area (Å²) in [6, 6.07) is 6.32. The van der Waals surface area contributed by atoms with Crippen LogP contribution in [-0.2, 0) is 11.0 Å². The van der Waals surface area contributed by atoms with Gasteiger partial charge in [0, 0.05) is 12.0 Å². The SMILES string of the molecule is FC(F)(F)c1[c]cccc1C1=NOCC1. The summed E-state index contributed by atoms with van der Waals surface area (Å²) >= 11 is 0. The molecule has 2 nitrogen and oxygen atoms in total. The fraction of sp³-hybridized carbons (Fsp3) is 0.300. The second kappa shape index (κ2) is 3.56. The largest absolute Gasteiger partial charge is 0.417 e. The van der Waals surface area contributed by atoms with E-state index in [1.54, 1.807) is 0 Å². The molecular formula is C10H7F3NO. The summed E-state index contributed by atoms with van der Waals surface area (Å²) in [5.74, 6) is 0. The van der Waals surface area contributed by atoms with Crippen LogP contribution in [0, 0.1) is 6.07 Å². The van der Waals surface area contributed by atoms with Crippen molar-refractivity contribution in [3.8, 4) is 0 Å². The smallest absolute Gasteiger partial charge is 0.395 e. The lowest BCUT2D eigenvalue weighted by atomic mass is 10.0. The van der Waals surface area contributed by atoms with Crippen molar-refractivity contribution in [2.45, 2.75) is 12.6 Å². The predicted molar refractivity (Wildman–Crippen MR) is 47.4 cm³/mol. The first-order chi connectivity index (χ1) is 7.09. The molecule has 15 heavy (non-hydrogen) atoms. The Morgan fingerprint density at radius 3 is 2.80 bits per heavy atom. The molecule has 0 spiro atoms. The monoisotopic (exact) mass is 214 g/mol. The van der Waals surface area contributed by atoms with Crippen molar-refractivity contribution in [1.29, 1.82) is 0 Å². The van der Waals surface area contributed by atoms with E-state index in [0.29, 0.717) is 18.7 Å². The predicted octanol–water partition coefficient (Wildman–Crippen LogP) is 2.63. The summed E-state index contributed by atoms with van der Waals surface area (Å²) in [5.41, 5.74) is -0.393. The van der Waals surface area contributed by atoms with E-state index >= 15 is 0 Å². The molecule has 0 unspecified atom stereocenters. The van der Waals surface area contributed by atoms with Crippen molar-refractivity contribution < 1.29 is 18.0 Å². The normalized spacial score (nSPS) is 16.1. The highest BCUT2D eigenvalue weighted by molar-refractivity contribution is 6.02. The van der Waals surface area contributed by atoms with Gasteiger partial charge in [0.15, 0.2) is 0 Å². The first kappa shape index (κ1) is 10.0. The van der Waals surface area contributed by atoms with Crippen LogP contribution in [0.25, 0.3) is 0 Å². The van der Waals surface area contributed by atoms with Crippen LogP contribution in [0.5, 0.6) is 0 Å². The summed E-state index contributed by atoms with van der Waals surface area (Å²) in [6.07, 6.45) is -4.00. The molecule has 0 aliphatic carbocycles. The Balaban J connectivity index is 2.47. The quantitative estimate of drug-likeness (QED) is 0.704. The Morgan fingerprint density at radius 2 is 2.20 bits per heavy atom. The van der Waals surface area contributed by atoms with E-state index in [4.69, 9.17) is 0 Å². The van der Waals surface area contributed by atoms with Crippen LogP contribution in [-0.4, -0.2) is 12.3 Å². The molecule has 5 heteroatoms. The van der Waals surface area contributed by atoms with E-state index < -0.39 is 11.7 Å². The second-order valence-electron chi connectivity index (χ2n) is 3.08. The maximum atomic E-state index is 12.6. The molecule has 1 aliphatic heterocycles. The van der Waals surface area contributed by atoms with Gasteiger partial charge < -0.3 is 4.84 Å². The average Bonchev–Trinajstić information content (AvgIpc) is 2.69. The molecule has 0 fully saturated rings. The van der Waals surface area contributed by atoms with Crippen LogP contribution in [0.3, 0.4) is 0 Å². The Bertz CT molecular complexity index is 398. The molecular weight excluding hydrogens is 207 g/mol. The van der Waals surface area contributed by atoms with E-state index in [2.05, 4.69) is 16.1 Å². The Labute approximate surface area is 84.3 Å². The van der Waals surface area contributed by atoms with Crippen molar-refractivity contribution >= 4 is 5.71 Å². The number of hydrogen-bond donors (Lipinski definition) is 0. The van der Waals surface area contributed by atoms with E-state index in [-0.39, 0.29) is 5.56 Å². The standard InChI is InChI=1S/C10H7F3NO/c11-10(12,13)8-4-2-1-3-7(8)9-5-6-15-14-9/h1-3H,5-6H2. The van der Waals surface area contributed by atoms with Crippen LogP contribution in [0.1, 0.15) is 17.5 Å². The van der Waals surface area contributed by atoms with Gasteiger partial charge in [-0.25, -0.2) is 0 Å². The minimum Gasteiger partial charge on any atom is -0.395 e. The zero-order valence-corrected chi connectivity index (χ0v) is 7.64. The lowest BCUT2D eigenvalue weighted by molar-refractivity contribution is -0.137. The van der Waals surface area contributed by atoms with Gasteiger partial charge in [0.05, 0.1) is 11.3 Å². The zero-order chi connectivity index (χ0) is 10.9. The van der Waals surface area contributed by atoms with Gasteiger partial charge in [-0.15, -0.1) is 0 Å². The summed E-state index contributed by atoms with van der Waals surface area (Å²) in [4.78, 5) is 4.69. The molecule has 2 rings (SSSR count). The minimum absolute atomic E-state index is 0.0579. The highest BCUT2D eigenvalue weighted by Gasteiger charge is 2.34. The highest BCUT2D eigenvalue weighted by atomic mass is 19.4. The molecule has 0 bridgehead atoms. The maximum absolute atomic E-state index is 12.6. The Kier molecular flexibility index (Phi) is 2.38. The second-order valence-corrected chi connectivity index (χ2v) is 3.08. The topological polar surface area (TPSA) is 21.6 Å². The van der Waals surface area contributed by atoms with Crippen molar-refractivity contribution in [2.24, 2.45) is 5.16 Å². The van der Waals surface area contributed by atoms with Gasteiger partial charge in [-0.2, -0.15) is 13.2 Å². The van der Waals surface area contributed by atoms with Crippen LogP contribution in [0.4, 0.5) is 13.2 Å². The average molecular weight is 214 g/mol. The molecule has 1 aliphatic rings. The van der Waals surface area contributed by atoms with E-state index in [0.717, 1.165) is 0 Å². The van der Waals surface area contributed by atoms with Gasteiger partial charge in [-0.05, 0) is 6.07 Å². The summed E-state index contributed by atoms with van der Waals surface area (Å²) in [7, 11) is 0. The lowest BCUT2D eigenvalue weighted by Gasteiger charge is -2.10. The van der Waals surface area contributed by atoms with E-state index in [1.165, 1.54) is 18.2 Å². The van der Waals surface area contributed by atoms with Gasteiger partial charge in [-0.1, -0.05) is 23.4 Å². The molecule has 1 radical (unpaired) electrons. The highest BCUT2D eigenvalue weighted by Crippen LogP contribution is 2.32. The fourth-order valence-electron chi connectivity index (χ4n) is 1.41. The van der Waals surface area contributed by atoms with Gasteiger partial charge >= 0.3 is 6.18 Å². The first-order valence-electron chi connectivity index (χ1n) is 4.36. The number of hydrogen-bond acceptors (Lipinski definition) is 2. The fourth-order valence-corrected chi connectivity index (χ4v) is 1.41. The van der Waals surface area contributed by atoms with Crippen molar-refractivity contribution in [2.75, 3.05) is 6.61 Å². The van der Waals surface area contributed by atoms with Gasteiger partial charge in [0.1, 0.15) is 6.61 Å². The molecule has 0 N–H and O–H groups in total. The van der Waals surface area contributed by atoms with Gasteiger partial charge in [0.25, 0.3) is 0 Å². The molecule has 0 aromatic heterocycles. The van der Waals surface area contributed by atoms with Crippen molar-refractivity contribution in [1.82, 2.24) is 0 Å². The molecule has 0 amide bonds. The molecule has 0 atom stereocenters. The molecule has 1 aromatic rings. The summed E-state index contributed by atoms with van der Waals surface area (Å²) in [6.45, 7) is 0.335. The third kappa shape index (κ3) is 1.95. The van der Waals surface area contributed by atoms with E-state index in [1.807, 2.05) is 0 Å². The van der Waals surface area contributed by atoms with Gasteiger partial charge in [0.2, 0.25) is 0 Å². The number of oxime groups is 1. The zero-order valence-electron chi connectivity index (χ0n) is 7.64. The first-order valence-corrected chi connectivity index (χ1v) is 4.36. The number of nitrogens with zero attached hydrogens (tertiary/aromatic N) is 1. The number of rotatable bonds is 1. The van der Waals surface area contributed by atoms with Crippen molar-refractivity contribution in [3.05, 3.63) is 35.4 Å². The van der Waals surface area contributed by atoms with E-state index in [9.17, 15) is 13.2 Å². The van der Waals surface area contributed by atoms with Crippen LogP contribution >= 0.6 is 0 Å². The molecule has 1 heterocycles. The summed E-state index contributed by atoms with van der Waals surface area (Å²) in [5, 5.41) is 3.58. The third-order valence-corrected chi connectivity index (χ3v) is 2.06. The van der Waals surface area contributed by atoms with Crippen molar-refractivity contribution in [3.63, 3.8) is 0 Å². The van der Waals surface area contributed by atoms with Crippen LogP contribution in [0.2, 0.25) is 0 Å². The molecule has 0 saturated carbocycles. The molecule has 1 aromatic carbocycles. The minimum atomic E-state index is -4.40. The number of benzene rings is 1. The Hall–Kier alpha value is -1.52. The summed E-state index contributed by atoms with van der Waals surface area (Å²) < 4.78 is 37.7. The number of halogens is 3. The Morgan fingerprint density at radius 1 is 1.40 bits per heavy atom. The van der Waals surface area contributed by atoms with Gasteiger partial charge in [-0.3, -0.25) is 0 Å². The van der Waals surface area contributed by atoms with Crippen LogP contribution < -0.4 is 0 Å².